The van der Waals surface area contributed by atoms with Crippen LogP contribution >= 0.6 is 11.6 Å². The van der Waals surface area contributed by atoms with Gasteiger partial charge in [-0.2, -0.15) is 0 Å². The molecule has 1 unspecified atom stereocenters. The number of rotatable bonds is 4. The van der Waals surface area contributed by atoms with E-state index >= 15 is 0 Å². The normalized spacial score (nSPS) is 12.2. The van der Waals surface area contributed by atoms with Crippen molar-refractivity contribution >= 4 is 17.3 Å². The molecule has 0 fully saturated rings. The molecule has 0 aliphatic carbocycles. The summed E-state index contributed by atoms with van der Waals surface area (Å²) in [7, 11) is 0. The van der Waals surface area contributed by atoms with E-state index in [2.05, 4.69) is 5.32 Å². The molecular formula is C15H14ClF2N. The third-order valence-corrected chi connectivity index (χ3v) is 3.18. The van der Waals surface area contributed by atoms with Crippen LogP contribution in [0.5, 0.6) is 0 Å². The van der Waals surface area contributed by atoms with Crippen molar-refractivity contribution in [2.45, 2.75) is 19.4 Å². The SMILES string of the molecule is CCC(Nc1cc(Cl)ccc1F)c1ccccc1F. The summed E-state index contributed by atoms with van der Waals surface area (Å²) in [6.07, 6.45) is 0.632. The van der Waals surface area contributed by atoms with Gasteiger partial charge in [0.25, 0.3) is 0 Å². The molecule has 0 radical (unpaired) electrons. The Kier molecular flexibility index (Phi) is 4.38. The largest absolute Gasteiger partial charge is 0.376 e. The average Bonchev–Trinajstić information content (AvgIpc) is 2.41. The smallest absolute Gasteiger partial charge is 0.146 e. The summed E-state index contributed by atoms with van der Waals surface area (Å²) in [6, 6.07) is 10.5. The molecule has 0 amide bonds. The van der Waals surface area contributed by atoms with Crippen molar-refractivity contribution in [3.8, 4) is 0 Å². The molecule has 1 N–H and O–H groups in total. The quantitative estimate of drug-likeness (QED) is 0.814. The van der Waals surface area contributed by atoms with Gasteiger partial charge in [-0.05, 0) is 30.7 Å². The molecule has 0 bridgehead atoms. The first-order valence-electron chi connectivity index (χ1n) is 6.08. The molecule has 2 aromatic rings. The summed E-state index contributed by atoms with van der Waals surface area (Å²) in [5.74, 6) is -0.705. The van der Waals surface area contributed by atoms with Crippen molar-refractivity contribution < 1.29 is 8.78 Å². The Morgan fingerprint density at radius 3 is 2.53 bits per heavy atom. The minimum absolute atomic E-state index is 0.280. The molecule has 2 aromatic carbocycles. The molecule has 4 heteroatoms. The molecule has 0 aromatic heterocycles. The van der Waals surface area contributed by atoms with Crippen molar-refractivity contribution in [2.75, 3.05) is 5.32 Å². The molecule has 0 aliphatic rings. The highest BCUT2D eigenvalue weighted by atomic mass is 35.5. The highest BCUT2D eigenvalue weighted by molar-refractivity contribution is 6.30. The van der Waals surface area contributed by atoms with E-state index in [1.807, 2.05) is 6.92 Å². The van der Waals surface area contributed by atoms with Crippen LogP contribution in [-0.2, 0) is 0 Å². The fourth-order valence-electron chi connectivity index (χ4n) is 1.95. The average molecular weight is 282 g/mol. The Labute approximate surface area is 116 Å². The monoisotopic (exact) mass is 281 g/mol. The van der Waals surface area contributed by atoms with E-state index in [0.717, 1.165) is 0 Å². The van der Waals surface area contributed by atoms with E-state index in [9.17, 15) is 8.78 Å². The van der Waals surface area contributed by atoms with Crippen LogP contribution in [0.25, 0.3) is 0 Å². The molecular weight excluding hydrogens is 268 g/mol. The summed E-state index contributed by atoms with van der Waals surface area (Å²) in [5.41, 5.74) is 0.798. The van der Waals surface area contributed by atoms with Gasteiger partial charge in [-0.3, -0.25) is 0 Å². The lowest BCUT2D eigenvalue weighted by molar-refractivity contribution is 0.582. The Morgan fingerprint density at radius 1 is 1.11 bits per heavy atom. The maximum Gasteiger partial charge on any atom is 0.146 e. The number of halogens is 3. The zero-order chi connectivity index (χ0) is 13.8. The second kappa shape index (κ2) is 6.02. The van der Waals surface area contributed by atoms with Crippen LogP contribution in [0.1, 0.15) is 24.9 Å². The van der Waals surface area contributed by atoms with Gasteiger partial charge in [0, 0.05) is 10.6 Å². The Morgan fingerprint density at radius 2 is 1.84 bits per heavy atom. The van der Waals surface area contributed by atoms with E-state index in [4.69, 9.17) is 11.6 Å². The van der Waals surface area contributed by atoms with Gasteiger partial charge in [0.15, 0.2) is 0 Å². The standard InChI is InChI=1S/C15H14ClF2N/c1-2-14(11-5-3-4-6-12(11)17)19-15-9-10(16)7-8-13(15)18/h3-9,14,19H,2H2,1H3. The van der Waals surface area contributed by atoms with Crippen molar-refractivity contribution in [2.24, 2.45) is 0 Å². The second-order valence-corrected chi connectivity index (χ2v) is 4.69. The molecule has 0 saturated carbocycles. The van der Waals surface area contributed by atoms with E-state index in [-0.39, 0.29) is 17.5 Å². The second-order valence-electron chi connectivity index (χ2n) is 4.25. The van der Waals surface area contributed by atoms with Crippen LogP contribution in [0.15, 0.2) is 42.5 Å². The van der Waals surface area contributed by atoms with Crippen LogP contribution in [0.3, 0.4) is 0 Å². The zero-order valence-electron chi connectivity index (χ0n) is 10.5. The molecule has 0 spiro atoms. The number of hydrogen-bond donors (Lipinski definition) is 1. The molecule has 1 atom stereocenters. The molecule has 0 aliphatic heterocycles. The highest BCUT2D eigenvalue weighted by Crippen LogP contribution is 2.27. The number of benzene rings is 2. The van der Waals surface area contributed by atoms with Gasteiger partial charge in [-0.1, -0.05) is 36.7 Å². The number of nitrogens with one attached hydrogen (secondary N) is 1. The topological polar surface area (TPSA) is 12.0 Å². The van der Waals surface area contributed by atoms with Gasteiger partial charge in [0.05, 0.1) is 11.7 Å². The van der Waals surface area contributed by atoms with E-state index in [0.29, 0.717) is 17.0 Å². The van der Waals surface area contributed by atoms with Gasteiger partial charge in [-0.15, -0.1) is 0 Å². The molecule has 0 saturated heterocycles. The lowest BCUT2D eigenvalue weighted by atomic mass is 10.0. The molecule has 0 heterocycles. The molecule has 19 heavy (non-hydrogen) atoms. The first-order chi connectivity index (χ1) is 9.11. The zero-order valence-corrected chi connectivity index (χ0v) is 11.2. The van der Waals surface area contributed by atoms with Gasteiger partial charge < -0.3 is 5.32 Å². The van der Waals surface area contributed by atoms with Crippen LogP contribution in [0.2, 0.25) is 5.02 Å². The Balaban J connectivity index is 2.29. The fourth-order valence-corrected chi connectivity index (χ4v) is 2.13. The summed E-state index contributed by atoms with van der Waals surface area (Å²) in [4.78, 5) is 0. The Bertz CT molecular complexity index is 572. The van der Waals surface area contributed by atoms with Crippen LogP contribution in [0.4, 0.5) is 14.5 Å². The van der Waals surface area contributed by atoms with Crippen molar-refractivity contribution in [3.05, 3.63) is 64.7 Å². The maximum absolute atomic E-state index is 13.7. The van der Waals surface area contributed by atoms with Gasteiger partial charge >= 0.3 is 0 Å². The third-order valence-electron chi connectivity index (χ3n) is 2.95. The Hall–Kier alpha value is -1.61. The fraction of sp³-hybridized carbons (Fsp3) is 0.200. The first-order valence-corrected chi connectivity index (χ1v) is 6.45. The van der Waals surface area contributed by atoms with Gasteiger partial charge in [0.1, 0.15) is 11.6 Å². The van der Waals surface area contributed by atoms with Crippen molar-refractivity contribution in [1.82, 2.24) is 0 Å². The predicted molar refractivity (Wildman–Crippen MR) is 74.5 cm³/mol. The predicted octanol–water partition coefficient (Wildman–Crippen LogP) is 5.18. The summed E-state index contributed by atoms with van der Waals surface area (Å²) < 4.78 is 27.4. The van der Waals surface area contributed by atoms with Crippen LogP contribution in [-0.4, -0.2) is 0 Å². The minimum atomic E-state index is -0.404. The lowest BCUT2D eigenvalue weighted by Gasteiger charge is -2.20. The van der Waals surface area contributed by atoms with Crippen molar-refractivity contribution in [3.63, 3.8) is 0 Å². The lowest BCUT2D eigenvalue weighted by Crippen LogP contribution is -2.12. The number of anilines is 1. The van der Waals surface area contributed by atoms with E-state index in [1.54, 1.807) is 18.2 Å². The van der Waals surface area contributed by atoms with Crippen LogP contribution in [0, 0.1) is 11.6 Å². The molecule has 100 valence electrons. The van der Waals surface area contributed by atoms with Crippen LogP contribution < -0.4 is 5.32 Å². The summed E-state index contributed by atoms with van der Waals surface area (Å²) in [5, 5.41) is 3.43. The summed E-state index contributed by atoms with van der Waals surface area (Å²) >= 11 is 5.84. The minimum Gasteiger partial charge on any atom is -0.376 e. The van der Waals surface area contributed by atoms with E-state index < -0.39 is 5.82 Å². The summed E-state index contributed by atoms with van der Waals surface area (Å²) in [6.45, 7) is 1.91. The van der Waals surface area contributed by atoms with Gasteiger partial charge in [0.2, 0.25) is 0 Å². The molecule has 1 nitrogen and oxygen atoms in total. The molecule has 2 rings (SSSR count). The number of hydrogen-bond acceptors (Lipinski definition) is 1. The highest BCUT2D eigenvalue weighted by Gasteiger charge is 2.15. The van der Waals surface area contributed by atoms with E-state index in [1.165, 1.54) is 24.3 Å². The first kappa shape index (κ1) is 13.8. The van der Waals surface area contributed by atoms with Crippen molar-refractivity contribution in [1.29, 1.82) is 0 Å². The maximum atomic E-state index is 13.7. The van der Waals surface area contributed by atoms with Gasteiger partial charge in [-0.25, -0.2) is 8.78 Å². The third kappa shape index (κ3) is 3.24.